The summed E-state index contributed by atoms with van der Waals surface area (Å²) in [6.45, 7) is 8.43. The first-order valence-corrected chi connectivity index (χ1v) is 6.35. The number of halogens is 1. The summed E-state index contributed by atoms with van der Waals surface area (Å²) in [6.07, 6.45) is 0.237. The van der Waals surface area contributed by atoms with Gasteiger partial charge in [0.05, 0.1) is 11.1 Å². The molecule has 1 aromatic heterocycles. The van der Waals surface area contributed by atoms with Gasteiger partial charge in [0.25, 0.3) is 0 Å². The minimum Gasteiger partial charge on any atom is -0.386 e. The fourth-order valence-electron chi connectivity index (χ4n) is 1.86. The van der Waals surface area contributed by atoms with Crippen molar-refractivity contribution in [3.05, 3.63) is 22.8 Å². The lowest BCUT2D eigenvalue weighted by Crippen LogP contribution is -2.35. The molecule has 0 aromatic carbocycles. The van der Waals surface area contributed by atoms with Crippen LogP contribution in [0.1, 0.15) is 39.4 Å². The number of nitrogens with two attached hydrogens (primary N) is 1. The Hall–Kier alpha value is -0.840. The van der Waals surface area contributed by atoms with Crippen molar-refractivity contribution in [3.63, 3.8) is 0 Å². The van der Waals surface area contributed by atoms with Gasteiger partial charge in [-0.3, -0.25) is 0 Å². The summed E-state index contributed by atoms with van der Waals surface area (Å²) < 4.78 is 5.64. The highest BCUT2D eigenvalue weighted by atomic mass is 35.5. The number of anilines is 1. The second kappa shape index (κ2) is 5.87. The molecule has 0 aliphatic rings. The van der Waals surface area contributed by atoms with Crippen molar-refractivity contribution < 1.29 is 9.84 Å². The Kier molecular flexibility index (Phi) is 4.96. The van der Waals surface area contributed by atoms with Crippen LogP contribution in [0.3, 0.4) is 0 Å². The van der Waals surface area contributed by atoms with E-state index in [1.54, 1.807) is 6.07 Å². The molecule has 0 aliphatic heterocycles. The van der Waals surface area contributed by atoms with Crippen LogP contribution < -0.4 is 5.73 Å². The summed E-state index contributed by atoms with van der Waals surface area (Å²) in [4.78, 5) is 3.95. The first-order chi connectivity index (χ1) is 8.27. The van der Waals surface area contributed by atoms with E-state index in [1.165, 1.54) is 6.20 Å². The van der Waals surface area contributed by atoms with E-state index < -0.39 is 6.10 Å². The molecule has 0 aliphatic carbocycles. The molecule has 3 N–H and O–H groups in total. The predicted octanol–water partition coefficient (Wildman–Crippen LogP) is 2.80. The molecule has 0 saturated heterocycles. The number of pyridine rings is 1. The van der Waals surface area contributed by atoms with Gasteiger partial charge in [-0.05, 0) is 18.4 Å². The summed E-state index contributed by atoms with van der Waals surface area (Å²) in [5, 5.41) is 10.9. The van der Waals surface area contributed by atoms with Gasteiger partial charge in [0.1, 0.15) is 11.9 Å². The number of hydrogen-bond donors (Lipinski definition) is 2. The number of nitrogens with zero attached hydrogens (tertiary/aromatic N) is 1. The Balaban J connectivity index is 3.09. The van der Waals surface area contributed by atoms with Crippen LogP contribution in [0.5, 0.6) is 0 Å². The Morgan fingerprint density at radius 1 is 1.50 bits per heavy atom. The summed E-state index contributed by atoms with van der Waals surface area (Å²) in [7, 11) is 0. The number of aliphatic hydroxyl groups is 1. The number of nitrogen functional groups attached to an aromatic ring is 1. The molecule has 102 valence electrons. The Morgan fingerprint density at radius 2 is 2.11 bits per heavy atom. The van der Waals surface area contributed by atoms with Crippen LogP contribution in [0, 0.1) is 5.41 Å². The van der Waals surface area contributed by atoms with Crippen LogP contribution in [0.4, 0.5) is 5.82 Å². The van der Waals surface area contributed by atoms with E-state index in [0.29, 0.717) is 17.2 Å². The van der Waals surface area contributed by atoms with E-state index in [-0.39, 0.29) is 17.3 Å². The van der Waals surface area contributed by atoms with E-state index in [1.807, 2.05) is 27.7 Å². The van der Waals surface area contributed by atoms with Gasteiger partial charge in [0.2, 0.25) is 0 Å². The van der Waals surface area contributed by atoms with Gasteiger partial charge in [0, 0.05) is 18.4 Å². The van der Waals surface area contributed by atoms with Crippen LogP contribution in [0.25, 0.3) is 0 Å². The third-order valence-electron chi connectivity index (χ3n) is 2.72. The minimum absolute atomic E-state index is 0.218. The van der Waals surface area contributed by atoms with E-state index in [9.17, 15) is 5.11 Å². The van der Waals surface area contributed by atoms with Crippen molar-refractivity contribution in [1.82, 2.24) is 4.98 Å². The first-order valence-electron chi connectivity index (χ1n) is 5.98. The third kappa shape index (κ3) is 3.57. The molecule has 0 fully saturated rings. The lowest BCUT2D eigenvalue weighted by Gasteiger charge is -2.34. The zero-order chi connectivity index (χ0) is 13.9. The SMILES string of the molecule is CCOC(C(O)c1cc(Cl)cnc1N)C(C)(C)C. The maximum atomic E-state index is 10.4. The summed E-state index contributed by atoms with van der Waals surface area (Å²) in [6, 6.07) is 1.63. The topological polar surface area (TPSA) is 68.4 Å². The third-order valence-corrected chi connectivity index (χ3v) is 2.93. The average molecular weight is 273 g/mol. The van der Waals surface area contributed by atoms with Crippen LogP contribution in [0.2, 0.25) is 5.02 Å². The van der Waals surface area contributed by atoms with Crippen molar-refractivity contribution in [2.24, 2.45) is 5.41 Å². The van der Waals surface area contributed by atoms with Gasteiger partial charge in [-0.15, -0.1) is 0 Å². The van der Waals surface area contributed by atoms with Crippen molar-refractivity contribution in [1.29, 1.82) is 0 Å². The molecule has 0 saturated carbocycles. The van der Waals surface area contributed by atoms with Crippen LogP contribution in [-0.2, 0) is 4.74 Å². The second-order valence-corrected chi connectivity index (χ2v) is 5.75. The van der Waals surface area contributed by atoms with Crippen molar-refractivity contribution in [3.8, 4) is 0 Å². The highest BCUT2D eigenvalue weighted by Crippen LogP contribution is 2.35. The first kappa shape index (κ1) is 15.2. The highest BCUT2D eigenvalue weighted by molar-refractivity contribution is 6.30. The molecular formula is C13H21ClN2O2. The molecule has 0 radical (unpaired) electrons. The summed E-state index contributed by atoms with van der Waals surface area (Å²) in [5.41, 5.74) is 6.07. The highest BCUT2D eigenvalue weighted by Gasteiger charge is 2.34. The standard InChI is InChI=1S/C13H21ClN2O2/c1-5-18-11(13(2,3)4)10(17)9-6-8(14)7-16-12(9)15/h6-7,10-11,17H,5H2,1-4H3,(H2,15,16). The van der Waals surface area contributed by atoms with Crippen LogP contribution in [0.15, 0.2) is 12.3 Å². The van der Waals surface area contributed by atoms with Gasteiger partial charge in [-0.25, -0.2) is 4.98 Å². The lowest BCUT2D eigenvalue weighted by atomic mass is 9.83. The molecule has 0 amide bonds. The number of hydrogen-bond acceptors (Lipinski definition) is 4. The van der Waals surface area contributed by atoms with E-state index in [2.05, 4.69) is 4.98 Å². The van der Waals surface area contributed by atoms with Gasteiger partial charge >= 0.3 is 0 Å². The van der Waals surface area contributed by atoms with Crippen molar-refractivity contribution >= 4 is 17.4 Å². The predicted molar refractivity (Wildman–Crippen MR) is 73.5 cm³/mol. The minimum atomic E-state index is -0.851. The molecule has 4 nitrogen and oxygen atoms in total. The maximum absolute atomic E-state index is 10.4. The molecule has 0 bridgehead atoms. The molecule has 2 atom stereocenters. The van der Waals surface area contributed by atoms with Crippen molar-refractivity contribution in [2.75, 3.05) is 12.3 Å². The van der Waals surface area contributed by atoms with Crippen LogP contribution >= 0.6 is 11.6 Å². The fourth-order valence-corrected chi connectivity index (χ4v) is 2.03. The monoisotopic (exact) mass is 272 g/mol. The number of aliphatic hydroxyl groups excluding tert-OH is 1. The zero-order valence-electron chi connectivity index (χ0n) is 11.3. The van der Waals surface area contributed by atoms with E-state index in [0.717, 1.165) is 0 Å². The number of ether oxygens (including phenoxy) is 1. The molecule has 18 heavy (non-hydrogen) atoms. The smallest absolute Gasteiger partial charge is 0.129 e. The number of rotatable bonds is 4. The largest absolute Gasteiger partial charge is 0.386 e. The quantitative estimate of drug-likeness (QED) is 0.884. The molecule has 1 aromatic rings. The molecule has 1 heterocycles. The number of aromatic nitrogens is 1. The van der Waals surface area contributed by atoms with Crippen LogP contribution in [-0.4, -0.2) is 22.8 Å². The normalized spacial score (nSPS) is 15.4. The molecule has 5 heteroatoms. The molecule has 0 spiro atoms. The maximum Gasteiger partial charge on any atom is 0.129 e. The molecule has 2 unspecified atom stereocenters. The fraction of sp³-hybridized carbons (Fsp3) is 0.615. The molecular weight excluding hydrogens is 252 g/mol. The summed E-state index contributed by atoms with van der Waals surface area (Å²) in [5.74, 6) is 0.279. The van der Waals surface area contributed by atoms with E-state index >= 15 is 0 Å². The lowest BCUT2D eigenvalue weighted by molar-refractivity contribution is -0.0897. The average Bonchev–Trinajstić information content (AvgIpc) is 2.27. The Bertz CT molecular complexity index is 404. The zero-order valence-corrected chi connectivity index (χ0v) is 12.0. The van der Waals surface area contributed by atoms with Crippen molar-refractivity contribution in [2.45, 2.75) is 39.9 Å². The summed E-state index contributed by atoms with van der Waals surface area (Å²) >= 11 is 5.89. The second-order valence-electron chi connectivity index (χ2n) is 5.31. The van der Waals surface area contributed by atoms with Gasteiger partial charge in [-0.2, -0.15) is 0 Å². The van der Waals surface area contributed by atoms with Gasteiger partial charge < -0.3 is 15.6 Å². The Labute approximate surface area is 113 Å². The van der Waals surface area contributed by atoms with Gasteiger partial charge in [-0.1, -0.05) is 32.4 Å². The Morgan fingerprint density at radius 3 is 2.61 bits per heavy atom. The van der Waals surface area contributed by atoms with Gasteiger partial charge in [0.15, 0.2) is 0 Å². The molecule has 1 rings (SSSR count). The van der Waals surface area contributed by atoms with E-state index in [4.69, 9.17) is 22.1 Å².